The number of hydrogen-bond acceptors (Lipinski definition) is 2. The SMILES string of the molecule is C[C@]12CCCC[C@@H]1c1ccccc1C(=NCC(=O)O)N2. The molecule has 20 heavy (non-hydrogen) atoms. The first-order valence-corrected chi connectivity index (χ1v) is 7.24. The van der Waals surface area contributed by atoms with E-state index in [0.717, 1.165) is 17.8 Å². The van der Waals surface area contributed by atoms with Crippen LogP contribution in [0.4, 0.5) is 0 Å². The molecule has 0 radical (unpaired) electrons. The van der Waals surface area contributed by atoms with Gasteiger partial charge in [-0.2, -0.15) is 0 Å². The van der Waals surface area contributed by atoms with Crippen molar-refractivity contribution in [2.45, 2.75) is 44.1 Å². The molecule has 0 aromatic heterocycles. The number of aliphatic carboxylic acids is 1. The molecule has 1 aliphatic carbocycles. The molecule has 1 fully saturated rings. The van der Waals surface area contributed by atoms with Gasteiger partial charge in [0, 0.05) is 17.0 Å². The molecule has 1 aliphatic heterocycles. The van der Waals surface area contributed by atoms with Crippen LogP contribution in [-0.4, -0.2) is 29.0 Å². The topological polar surface area (TPSA) is 61.7 Å². The van der Waals surface area contributed by atoms with Gasteiger partial charge in [0.2, 0.25) is 0 Å². The zero-order valence-electron chi connectivity index (χ0n) is 11.7. The third-order valence-electron chi connectivity index (χ3n) is 4.58. The van der Waals surface area contributed by atoms with E-state index in [9.17, 15) is 4.79 Å². The van der Waals surface area contributed by atoms with Crippen molar-refractivity contribution in [1.29, 1.82) is 0 Å². The highest BCUT2D eigenvalue weighted by atomic mass is 16.4. The summed E-state index contributed by atoms with van der Waals surface area (Å²) in [5.41, 5.74) is 2.39. The van der Waals surface area contributed by atoms with E-state index in [1.807, 2.05) is 12.1 Å². The molecule has 2 N–H and O–H groups in total. The average Bonchev–Trinajstić information content (AvgIpc) is 2.44. The lowest BCUT2D eigenvalue weighted by Crippen LogP contribution is -2.55. The number of nitrogens with one attached hydrogen (secondary N) is 1. The number of hydrogen-bond donors (Lipinski definition) is 2. The van der Waals surface area contributed by atoms with Crippen molar-refractivity contribution in [2.24, 2.45) is 4.99 Å². The molecular formula is C16H20N2O2. The predicted octanol–water partition coefficient (Wildman–Crippen LogP) is 2.54. The number of fused-ring (bicyclic) bond motifs is 3. The smallest absolute Gasteiger partial charge is 0.325 e. The summed E-state index contributed by atoms with van der Waals surface area (Å²) in [4.78, 5) is 15.0. The fourth-order valence-corrected chi connectivity index (χ4v) is 3.61. The molecule has 106 valence electrons. The van der Waals surface area contributed by atoms with Crippen LogP contribution in [0.5, 0.6) is 0 Å². The molecule has 4 nitrogen and oxygen atoms in total. The largest absolute Gasteiger partial charge is 0.480 e. The fourth-order valence-electron chi connectivity index (χ4n) is 3.61. The van der Waals surface area contributed by atoms with E-state index < -0.39 is 5.97 Å². The molecule has 3 rings (SSSR count). The summed E-state index contributed by atoms with van der Waals surface area (Å²) < 4.78 is 0. The maximum Gasteiger partial charge on any atom is 0.325 e. The molecule has 0 saturated heterocycles. The van der Waals surface area contributed by atoms with Gasteiger partial charge >= 0.3 is 5.97 Å². The Balaban J connectivity index is 2.05. The van der Waals surface area contributed by atoms with E-state index in [-0.39, 0.29) is 12.1 Å². The Labute approximate surface area is 118 Å². The minimum atomic E-state index is -0.896. The maximum atomic E-state index is 10.8. The highest BCUT2D eigenvalue weighted by Crippen LogP contribution is 2.44. The Morgan fingerprint density at radius 3 is 3.05 bits per heavy atom. The lowest BCUT2D eigenvalue weighted by Gasteiger charge is -2.47. The van der Waals surface area contributed by atoms with Crippen LogP contribution >= 0.6 is 0 Å². The standard InChI is InChI=1S/C16H20N2O2/c1-16-9-5-4-8-13(16)11-6-2-3-7-12(11)15(18-16)17-10-14(19)20/h2-3,6-7,13H,4-5,8-10H2,1H3,(H,17,18)(H,19,20)/t13-,16+/m1/s1. The van der Waals surface area contributed by atoms with Crippen molar-refractivity contribution >= 4 is 11.8 Å². The molecule has 0 amide bonds. The van der Waals surface area contributed by atoms with Crippen molar-refractivity contribution in [3.8, 4) is 0 Å². The second kappa shape index (κ2) is 4.93. The molecular weight excluding hydrogens is 252 g/mol. The van der Waals surface area contributed by atoms with Crippen LogP contribution in [0.3, 0.4) is 0 Å². The summed E-state index contributed by atoms with van der Waals surface area (Å²) >= 11 is 0. The summed E-state index contributed by atoms with van der Waals surface area (Å²) in [7, 11) is 0. The van der Waals surface area contributed by atoms with Crippen LogP contribution in [0.1, 0.15) is 49.7 Å². The second-order valence-corrected chi connectivity index (χ2v) is 5.99. The first kappa shape index (κ1) is 13.2. The third kappa shape index (κ3) is 2.19. The minimum absolute atomic E-state index is 0.00391. The molecule has 2 aliphatic rings. The second-order valence-electron chi connectivity index (χ2n) is 5.99. The fraction of sp³-hybridized carbons (Fsp3) is 0.500. The summed E-state index contributed by atoms with van der Waals surface area (Å²) in [6, 6.07) is 8.26. The number of carbonyl (C=O) groups is 1. The third-order valence-corrected chi connectivity index (χ3v) is 4.58. The normalized spacial score (nSPS) is 30.2. The van der Waals surface area contributed by atoms with Gasteiger partial charge < -0.3 is 10.4 Å². The van der Waals surface area contributed by atoms with Crippen molar-refractivity contribution in [3.63, 3.8) is 0 Å². The first-order chi connectivity index (χ1) is 9.60. The zero-order valence-corrected chi connectivity index (χ0v) is 11.7. The number of amidine groups is 1. The molecule has 0 bridgehead atoms. The minimum Gasteiger partial charge on any atom is -0.480 e. The van der Waals surface area contributed by atoms with E-state index in [0.29, 0.717) is 5.92 Å². The van der Waals surface area contributed by atoms with Crippen LogP contribution in [0, 0.1) is 0 Å². The number of rotatable bonds is 2. The molecule has 2 atom stereocenters. The molecule has 1 aromatic carbocycles. The van der Waals surface area contributed by atoms with Gasteiger partial charge in [-0.25, -0.2) is 0 Å². The van der Waals surface area contributed by atoms with Gasteiger partial charge in [-0.3, -0.25) is 9.79 Å². The summed E-state index contributed by atoms with van der Waals surface area (Å²) in [6.45, 7) is 2.06. The van der Waals surface area contributed by atoms with Gasteiger partial charge in [0.1, 0.15) is 12.4 Å². The Morgan fingerprint density at radius 2 is 2.25 bits per heavy atom. The average molecular weight is 272 g/mol. The summed E-state index contributed by atoms with van der Waals surface area (Å²) in [6.07, 6.45) is 4.77. The van der Waals surface area contributed by atoms with Crippen LogP contribution < -0.4 is 5.32 Å². The van der Waals surface area contributed by atoms with Gasteiger partial charge in [-0.15, -0.1) is 0 Å². The Hall–Kier alpha value is -1.84. The number of nitrogens with zero attached hydrogens (tertiary/aromatic N) is 1. The van der Waals surface area contributed by atoms with E-state index in [1.165, 1.54) is 24.8 Å². The zero-order chi connectivity index (χ0) is 14.2. The lowest BCUT2D eigenvalue weighted by atomic mass is 9.67. The van der Waals surface area contributed by atoms with E-state index >= 15 is 0 Å². The monoisotopic (exact) mass is 272 g/mol. The Morgan fingerprint density at radius 1 is 1.45 bits per heavy atom. The maximum absolute atomic E-state index is 10.8. The van der Waals surface area contributed by atoms with Crippen LogP contribution in [0.2, 0.25) is 0 Å². The Kier molecular flexibility index (Phi) is 3.24. The van der Waals surface area contributed by atoms with Crippen LogP contribution in [0.15, 0.2) is 29.3 Å². The number of benzene rings is 1. The molecule has 1 aromatic rings. The number of carboxylic acid groups (broad SMARTS) is 1. The lowest BCUT2D eigenvalue weighted by molar-refractivity contribution is -0.135. The van der Waals surface area contributed by atoms with Gasteiger partial charge in [-0.1, -0.05) is 37.1 Å². The van der Waals surface area contributed by atoms with Gasteiger partial charge in [0.15, 0.2) is 0 Å². The summed E-state index contributed by atoms with van der Waals surface area (Å²) in [5, 5.41) is 12.4. The molecule has 1 saturated carbocycles. The molecule has 1 heterocycles. The van der Waals surface area contributed by atoms with E-state index in [2.05, 4.69) is 29.4 Å². The first-order valence-electron chi connectivity index (χ1n) is 7.24. The quantitative estimate of drug-likeness (QED) is 0.869. The van der Waals surface area contributed by atoms with Gasteiger partial charge in [0.25, 0.3) is 0 Å². The predicted molar refractivity (Wildman–Crippen MR) is 78.2 cm³/mol. The molecule has 0 spiro atoms. The highest BCUT2D eigenvalue weighted by molar-refractivity contribution is 6.02. The summed E-state index contributed by atoms with van der Waals surface area (Å²) in [5.74, 6) is 0.340. The van der Waals surface area contributed by atoms with Crippen LogP contribution in [0.25, 0.3) is 0 Å². The van der Waals surface area contributed by atoms with E-state index in [1.54, 1.807) is 0 Å². The Bertz CT molecular complexity index is 567. The van der Waals surface area contributed by atoms with Crippen LogP contribution in [-0.2, 0) is 4.79 Å². The number of carboxylic acids is 1. The van der Waals surface area contributed by atoms with Gasteiger partial charge in [0.05, 0.1) is 0 Å². The molecule has 4 heteroatoms. The highest BCUT2D eigenvalue weighted by Gasteiger charge is 2.42. The molecule has 0 unspecified atom stereocenters. The number of aliphatic imine (C=N–C) groups is 1. The van der Waals surface area contributed by atoms with Gasteiger partial charge in [-0.05, 0) is 25.3 Å². The van der Waals surface area contributed by atoms with Crippen molar-refractivity contribution in [2.75, 3.05) is 6.54 Å². The van der Waals surface area contributed by atoms with Crippen molar-refractivity contribution in [3.05, 3.63) is 35.4 Å². The van der Waals surface area contributed by atoms with Crippen molar-refractivity contribution < 1.29 is 9.90 Å². The van der Waals surface area contributed by atoms with E-state index in [4.69, 9.17) is 5.11 Å². The van der Waals surface area contributed by atoms with Crippen molar-refractivity contribution in [1.82, 2.24) is 5.32 Å².